The first-order valence-corrected chi connectivity index (χ1v) is 17.8. The van der Waals surface area contributed by atoms with Crippen LogP contribution in [0.3, 0.4) is 0 Å². The van der Waals surface area contributed by atoms with E-state index in [2.05, 4.69) is 86.2 Å². The zero-order chi connectivity index (χ0) is 29.7. The third-order valence-corrected chi connectivity index (χ3v) is 12.4. The molecule has 4 nitrogen and oxygen atoms in total. The number of rotatable bonds is 10. The molecule has 2 aromatic carbocycles. The van der Waals surface area contributed by atoms with Gasteiger partial charge in [0.25, 0.3) is 0 Å². The number of hydrogen-bond donors (Lipinski definition) is 2. The number of halogens is 1. The summed E-state index contributed by atoms with van der Waals surface area (Å²) in [5.74, 6) is 2.21. The Kier molecular flexibility index (Phi) is 9.60. The minimum atomic E-state index is -1.60. The van der Waals surface area contributed by atoms with Crippen LogP contribution in [0.1, 0.15) is 61.9 Å². The Morgan fingerprint density at radius 2 is 1.83 bits per heavy atom. The van der Waals surface area contributed by atoms with Crippen LogP contribution in [-0.4, -0.2) is 41.3 Å². The highest BCUT2D eigenvalue weighted by atomic mass is 31.2. The second-order valence-electron chi connectivity index (χ2n) is 11.7. The Labute approximate surface area is 250 Å². The number of hydrogen-bond acceptors (Lipinski definition) is 3. The van der Waals surface area contributed by atoms with E-state index < -0.39 is 6.89 Å². The fraction of sp³-hybridized carbons (Fsp3) is 0.361. The van der Waals surface area contributed by atoms with Gasteiger partial charge in [0, 0.05) is 47.5 Å². The van der Waals surface area contributed by atoms with Crippen LogP contribution in [0.2, 0.25) is 0 Å². The molecular weight excluding hydrogens is 538 g/mol. The van der Waals surface area contributed by atoms with Crippen LogP contribution in [0.15, 0.2) is 66.9 Å². The molecule has 1 aliphatic carbocycles. The van der Waals surface area contributed by atoms with E-state index in [0.29, 0.717) is 6.04 Å². The Balaban J connectivity index is 1.45. The molecule has 42 heavy (non-hydrogen) atoms. The summed E-state index contributed by atoms with van der Waals surface area (Å²) in [7, 11) is 0. The van der Waals surface area contributed by atoms with Gasteiger partial charge in [-0.1, -0.05) is 38.8 Å². The summed E-state index contributed by atoms with van der Waals surface area (Å²) in [6.07, 6.45) is 11.0. The highest BCUT2D eigenvalue weighted by Crippen LogP contribution is 2.43. The number of aryl methyl sites for hydroxylation is 1. The van der Waals surface area contributed by atoms with Crippen LogP contribution in [0.25, 0.3) is 27.9 Å². The van der Waals surface area contributed by atoms with Crippen molar-refractivity contribution in [3.63, 3.8) is 0 Å². The summed E-state index contributed by atoms with van der Waals surface area (Å²) >= 11 is 0. The van der Waals surface area contributed by atoms with E-state index in [4.69, 9.17) is 4.98 Å². The van der Waals surface area contributed by atoms with E-state index in [0.717, 1.165) is 58.2 Å². The fourth-order valence-electron chi connectivity index (χ4n) is 6.11. The van der Waals surface area contributed by atoms with Crippen LogP contribution in [0, 0.1) is 19.7 Å². The maximum absolute atomic E-state index is 13.8. The van der Waals surface area contributed by atoms with Crippen LogP contribution in [0.4, 0.5) is 4.39 Å². The maximum atomic E-state index is 13.8. The minimum Gasteiger partial charge on any atom is -0.384 e. The van der Waals surface area contributed by atoms with Gasteiger partial charge >= 0.3 is 0 Å². The van der Waals surface area contributed by atoms with Gasteiger partial charge < -0.3 is 5.32 Å². The molecule has 2 aromatic heterocycles. The summed E-state index contributed by atoms with van der Waals surface area (Å²) < 4.78 is 13.8. The van der Waals surface area contributed by atoms with E-state index in [-0.39, 0.29) is 5.82 Å². The number of nitrogens with one attached hydrogen (secondary N) is 2. The van der Waals surface area contributed by atoms with E-state index >= 15 is 0 Å². The van der Waals surface area contributed by atoms with Crippen molar-refractivity contribution >= 4 is 34.7 Å². The van der Waals surface area contributed by atoms with Gasteiger partial charge in [-0.05, 0) is 123 Å². The zero-order valence-corrected chi connectivity index (χ0v) is 26.6. The molecule has 1 unspecified atom stereocenters. The lowest BCUT2D eigenvalue weighted by atomic mass is 10.0. The Morgan fingerprint density at radius 1 is 1.07 bits per heavy atom. The third-order valence-electron chi connectivity index (χ3n) is 8.77. The molecule has 1 aliphatic rings. The number of nitrogens with zero attached hydrogens (tertiary/aromatic N) is 2. The monoisotopic (exact) mass is 582 g/mol. The maximum Gasteiger partial charge on any atom is 0.123 e. The quantitative estimate of drug-likeness (QED) is 0.187. The number of allylic oxidation sites excluding steroid dienone is 1. The molecule has 0 saturated heterocycles. The molecule has 2 N–H and O–H groups in total. The van der Waals surface area contributed by atoms with Crippen LogP contribution >= 0.6 is 6.89 Å². The predicted molar refractivity (Wildman–Crippen MR) is 181 cm³/mol. The van der Waals surface area contributed by atoms with Crippen molar-refractivity contribution < 1.29 is 4.39 Å². The normalized spacial score (nSPS) is 15.6. The van der Waals surface area contributed by atoms with Gasteiger partial charge in [-0.15, -0.1) is 0 Å². The first-order valence-electron chi connectivity index (χ1n) is 15.3. The standard InChI is InChI=1S/C36H44FN4P/c1-6-33(29-21-25(3)35-28(22-29)11-10-19-39-35)38-20-18-32-23-34(42(5,7-2)24-40-31-12-8-9-13-31)26(4)36(41-32)27-14-16-30(37)17-15-27/h6,10-11,14-17,19,21-24,31,38,40H,7-9,12-13,18,20H2,1-5H3/b33-6-. The molecule has 0 radical (unpaired) electrons. The van der Waals surface area contributed by atoms with Crippen LogP contribution < -0.4 is 15.9 Å². The molecule has 0 amide bonds. The average Bonchev–Trinajstić information content (AvgIpc) is 3.53. The van der Waals surface area contributed by atoms with E-state index in [9.17, 15) is 4.39 Å². The van der Waals surface area contributed by atoms with E-state index in [1.54, 1.807) is 0 Å². The zero-order valence-electron chi connectivity index (χ0n) is 25.7. The summed E-state index contributed by atoms with van der Waals surface area (Å²) in [5, 5.41) is 10.0. The lowest BCUT2D eigenvalue weighted by Gasteiger charge is -2.26. The molecule has 6 heteroatoms. The molecule has 0 aliphatic heterocycles. The van der Waals surface area contributed by atoms with Crippen molar-refractivity contribution in [2.24, 2.45) is 0 Å². The fourth-order valence-corrected chi connectivity index (χ4v) is 8.63. The Bertz CT molecular complexity index is 1630. The molecular formula is C36H44FN4P. The Hall–Kier alpha value is -3.27. The van der Waals surface area contributed by atoms with E-state index in [1.165, 1.54) is 54.2 Å². The molecule has 5 rings (SSSR count). The van der Waals surface area contributed by atoms with Gasteiger partial charge in [-0.3, -0.25) is 15.3 Å². The molecule has 4 aromatic rings. The lowest BCUT2D eigenvalue weighted by Crippen LogP contribution is -2.27. The van der Waals surface area contributed by atoms with E-state index in [1.807, 2.05) is 24.4 Å². The van der Waals surface area contributed by atoms with Crippen molar-refractivity contribution in [2.45, 2.75) is 65.8 Å². The second kappa shape index (κ2) is 13.4. The van der Waals surface area contributed by atoms with Gasteiger partial charge in [0.2, 0.25) is 0 Å². The number of aromatic nitrogens is 2. The predicted octanol–water partition coefficient (Wildman–Crippen LogP) is 7.83. The molecule has 2 heterocycles. The topological polar surface area (TPSA) is 49.8 Å². The molecule has 0 bridgehead atoms. The van der Waals surface area contributed by atoms with Crippen molar-refractivity contribution in [1.29, 1.82) is 0 Å². The van der Waals surface area contributed by atoms with Crippen molar-refractivity contribution in [3.8, 4) is 11.3 Å². The molecule has 1 atom stereocenters. The number of pyridine rings is 2. The van der Waals surface area contributed by atoms with Gasteiger partial charge in [-0.25, -0.2) is 4.39 Å². The van der Waals surface area contributed by atoms with Crippen LogP contribution in [0.5, 0.6) is 0 Å². The smallest absolute Gasteiger partial charge is 0.123 e. The number of fused-ring (bicyclic) bond motifs is 1. The van der Waals surface area contributed by atoms with Gasteiger partial charge in [0.05, 0.1) is 11.2 Å². The lowest BCUT2D eigenvalue weighted by molar-refractivity contribution is 0.628. The largest absolute Gasteiger partial charge is 0.384 e. The second-order valence-corrected chi connectivity index (χ2v) is 15.6. The highest BCUT2D eigenvalue weighted by molar-refractivity contribution is 7.81. The first kappa shape index (κ1) is 30.2. The van der Waals surface area contributed by atoms with Crippen molar-refractivity contribution in [1.82, 2.24) is 20.6 Å². The summed E-state index contributed by atoms with van der Waals surface area (Å²) in [6, 6.07) is 18.2. The SMILES string of the molecule is C/C=C(\NCCc1cc(P(C)(=CNC2CCCC2)CC)c(C)c(-c2ccc(F)cc2)n1)c1cc(C)c2ncccc2c1. The summed E-state index contributed by atoms with van der Waals surface area (Å²) in [6.45, 7) is 10.3. The minimum absolute atomic E-state index is 0.226. The molecule has 220 valence electrons. The Morgan fingerprint density at radius 3 is 2.55 bits per heavy atom. The summed E-state index contributed by atoms with van der Waals surface area (Å²) in [4.78, 5) is 9.71. The van der Waals surface area contributed by atoms with Gasteiger partial charge in [0.15, 0.2) is 0 Å². The first-order chi connectivity index (χ1) is 20.3. The highest BCUT2D eigenvalue weighted by Gasteiger charge is 2.21. The van der Waals surface area contributed by atoms with Gasteiger partial charge in [0.1, 0.15) is 5.82 Å². The molecule has 0 spiro atoms. The third kappa shape index (κ3) is 6.69. The molecule has 1 saturated carbocycles. The van der Waals surface area contributed by atoms with Gasteiger partial charge in [-0.2, -0.15) is 0 Å². The molecule has 1 fully saturated rings. The number of benzene rings is 2. The van der Waals surface area contributed by atoms with Crippen molar-refractivity contribution in [3.05, 3.63) is 95.1 Å². The van der Waals surface area contributed by atoms with Crippen molar-refractivity contribution in [2.75, 3.05) is 19.4 Å². The average molecular weight is 583 g/mol. The summed E-state index contributed by atoms with van der Waals surface area (Å²) in [5.41, 5.74) is 8.67. The van der Waals surface area contributed by atoms with Crippen LogP contribution in [-0.2, 0) is 6.42 Å².